The van der Waals surface area contributed by atoms with Crippen molar-refractivity contribution >= 4 is 29.5 Å². The van der Waals surface area contributed by atoms with Crippen LogP contribution in [0, 0.1) is 6.92 Å². The van der Waals surface area contributed by atoms with Gasteiger partial charge in [-0.3, -0.25) is 4.79 Å². The molecule has 4 rings (SSSR count). The van der Waals surface area contributed by atoms with Gasteiger partial charge in [0.2, 0.25) is 0 Å². The number of methoxy groups -OCH3 is 1. The average molecular weight is 443 g/mol. The normalized spacial score (nSPS) is 11.8. The average Bonchev–Trinajstić information content (AvgIpc) is 3.17. The topological polar surface area (TPSA) is 88.8 Å². The molecule has 0 aliphatic rings. The highest BCUT2D eigenvalue weighted by atomic mass is 16.5. The Hall–Kier alpha value is -3.97. The van der Waals surface area contributed by atoms with Crippen LogP contribution in [0.25, 0.3) is 17.8 Å². The Labute approximate surface area is 192 Å². The molecule has 7 heteroatoms. The molecular formula is C26H26N4O3. The Morgan fingerprint density at radius 3 is 2.55 bits per heavy atom. The van der Waals surface area contributed by atoms with Crippen molar-refractivity contribution in [1.82, 2.24) is 14.6 Å². The molecule has 0 atom stereocenters. The van der Waals surface area contributed by atoms with E-state index in [0.29, 0.717) is 17.0 Å². The van der Waals surface area contributed by atoms with Gasteiger partial charge in [-0.25, -0.2) is 9.50 Å². The number of aryl methyl sites for hydroxylation is 1. The summed E-state index contributed by atoms with van der Waals surface area (Å²) in [5.41, 5.74) is 3.44. The number of amides is 1. The van der Waals surface area contributed by atoms with E-state index in [1.165, 1.54) is 0 Å². The second-order valence-corrected chi connectivity index (χ2v) is 8.32. The summed E-state index contributed by atoms with van der Waals surface area (Å²) in [6.07, 6.45) is 3.87. The van der Waals surface area contributed by atoms with Crippen LogP contribution >= 0.6 is 0 Å². The van der Waals surface area contributed by atoms with Crippen LogP contribution in [0.5, 0.6) is 5.75 Å². The van der Waals surface area contributed by atoms with Gasteiger partial charge in [0, 0.05) is 17.7 Å². The number of fused-ring (bicyclic) bond motifs is 1. The summed E-state index contributed by atoms with van der Waals surface area (Å²) in [5, 5.41) is 17.5. The maximum atomic E-state index is 12.8. The van der Waals surface area contributed by atoms with Crippen LogP contribution in [-0.2, 0) is 5.60 Å². The van der Waals surface area contributed by atoms with Crippen molar-refractivity contribution in [2.45, 2.75) is 26.4 Å². The van der Waals surface area contributed by atoms with Crippen LogP contribution in [0.2, 0.25) is 0 Å². The first-order chi connectivity index (χ1) is 15.7. The van der Waals surface area contributed by atoms with Gasteiger partial charge in [0.25, 0.3) is 5.91 Å². The Morgan fingerprint density at radius 2 is 1.85 bits per heavy atom. The van der Waals surface area contributed by atoms with Gasteiger partial charge in [-0.2, -0.15) is 5.10 Å². The third-order valence-electron chi connectivity index (χ3n) is 5.21. The van der Waals surface area contributed by atoms with E-state index in [1.807, 2.05) is 49.4 Å². The number of carbonyl (C=O) groups excluding carboxylic acids is 1. The molecule has 7 nitrogen and oxygen atoms in total. The van der Waals surface area contributed by atoms with Crippen molar-refractivity contribution in [3.8, 4) is 5.75 Å². The van der Waals surface area contributed by atoms with E-state index >= 15 is 0 Å². The number of ether oxygens (including phenoxy) is 1. The first kappa shape index (κ1) is 22.2. The van der Waals surface area contributed by atoms with E-state index < -0.39 is 5.60 Å². The summed E-state index contributed by atoms with van der Waals surface area (Å²) in [7, 11) is 1.63. The fourth-order valence-corrected chi connectivity index (χ4v) is 3.44. The maximum absolute atomic E-state index is 12.8. The lowest BCUT2D eigenvalue weighted by atomic mass is 9.97. The van der Waals surface area contributed by atoms with Crippen molar-refractivity contribution in [3.63, 3.8) is 0 Å². The lowest BCUT2D eigenvalue weighted by molar-refractivity contribution is 0.0785. The largest absolute Gasteiger partial charge is 0.497 e. The van der Waals surface area contributed by atoms with Gasteiger partial charge >= 0.3 is 0 Å². The Kier molecular flexibility index (Phi) is 5.98. The van der Waals surface area contributed by atoms with Crippen molar-refractivity contribution in [2.24, 2.45) is 0 Å². The third-order valence-corrected chi connectivity index (χ3v) is 5.21. The Balaban J connectivity index is 1.63. The van der Waals surface area contributed by atoms with Crippen molar-refractivity contribution < 1.29 is 14.6 Å². The number of nitrogens with zero attached hydrogens (tertiary/aromatic N) is 3. The number of anilines is 1. The number of hydrogen-bond donors (Lipinski definition) is 2. The molecule has 1 amide bonds. The van der Waals surface area contributed by atoms with E-state index in [1.54, 1.807) is 55.8 Å². The van der Waals surface area contributed by atoms with Crippen LogP contribution in [0.4, 0.5) is 5.82 Å². The molecule has 0 unspecified atom stereocenters. The van der Waals surface area contributed by atoms with Gasteiger partial charge in [0.15, 0.2) is 5.65 Å². The van der Waals surface area contributed by atoms with Gasteiger partial charge < -0.3 is 15.2 Å². The minimum atomic E-state index is -0.967. The molecule has 0 saturated carbocycles. The molecule has 4 aromatic rings. The van der Waals surface area contributed by atoms with Crippen molar-refractivity contribution in [1.29, 1.82) is 0 Å². The standard InChI is InChI=1S/C26H26N4O3/c1-17-14-24-27-23(28-25(31)19-9-11-20(12-10-19)26(2,3)32)16-21(30(24)29-17)13-8-18-6-5-7-22(15-18)33-4/h5-16,32H,1-4H3,(H,27,28,31). The van der Waals surface area contributed by atoms with Crippen molar-refractivity contribution in [3.05, 3.63) is 88.7 Å². The Morgan fingerprint density at radius 1 is 1.09 bits per heavy atom. The highest BCUT2D eigenvalue weighted by molar-refractivity contribution is 6.04. The molecule has 0 radical (unpaired) electrons. The molecule has 33 heavy (non-hydrogen) atoms. The van der Waals surface area contributed by atoms with Gasteiger partial charge in [0.05, 0.1) is 24.1 Å². The van der Waals surface area contributed by atoms with E-state index in [-0.39, 0.29) is 5.91 Å². The first-order valence-electron chi connectivity index (χ1n) is 10.6. The molecule has 0 bridgehead atoms. The second-order valence-electron chi connectivity index (χ2n) is 8.32. The zero-order valence-electron chi connectivity index (χ0n) is 19.0. The quantitative estimate of drug-likeness (QED) is 0.452. The SMILES string of the molecule is COc1cccc(C=Cc2cc(NC(=O)c3ccc(C(C)(C)O)cc3)nc3cc(C)nn23)c1. The summed E-state index contributed by atoms with van der Waals surface area (Å²) >= 11 is 0. The second kappa shape index (κ2) is 8.88. The number of benzene rings is 2. The van der Waals surface area contributed by atoms with E-state index in [0.717, 1.165) is 28.3 Å². The van der Waals surface area contributed by atoms with Crippen molar-refractivity contribution in [2.75, 3.05) is 12.4 Å². The molecule has 2 aromatic carbocycles. The first-order valence-corrected chi connectivity index (χ1v) is 10.6. The maximum Gasteiger partial charge on any atom is 0.256 e. The van der Waals surface area contributed by atoms with E-state index in [4.69, 9.17) is 4.74 Å². The van der Waals surface area contributed by atoms with E-state index in [9.17, 15) is 9.90 Å². The molecule has 0 saturated heterocycles. The number of aliphatic hydroxyl groups is 1. The summed E-state index contributed by atoms with van der Waals surface area (Å²) < 4.78 is 7.02. The molecule has 2 N–H and O–H groups in total. The number of rotatable bonds is 6. The third kappa shape index (κ3) is 5.10. The minimum absolute atomic E-state index is 0.284. The molecule has 0 fully saturated rings. The smallest absolute Gasteiger partial charge is 0.256 e. The molecule has 0 aliphatic carbocycles. The van der Waals surface area contributed by atoms with Crippen LogP contribution < -0.4 is 10.1 Å². The van der Waals surface area contributed by atoms with Crippen LogP contribution in [0.15, 0.2) is 60.7 Å². The summed E-state index contributed by atoms with van der Waals surface area (Å²) in [4.78, 5) is 17.3. The molecular weight excluding hydrogens is 416 g/mol. The summed E-state index contributed by atoms with van der Waals surface area (Å²) in [6, 6.07) is 18.2. The molecule has 0 aliphatic heterocycles. The van der Waals surface area contributed by atoms with Crippen LogP contribution in [0.1, 0.15) is 46.7 Å². The summed E-state index contributed by atoms with van der Waals surface area (Å²) in [5.74, 6) is 0.910. The lowest BCUT2D eigenvalue weighted by Crippen LogP contribution is -2.17. The Bertz CT molecular complexity index is 1330. The predicted molar refractivity (Wildman–Crippen MR) is 129 cm³/mol. The fourth-order valence-electron chi connectivity index (χ4n) is 3.44. The number of hydrogen-bond acceptors (Lipinski definition) is 5. The highest BCUT2D eigenvalue weighted by Gasteiger charge is 2.17. The highest BCUT2D eigenvalue weighted by Crippen LogP contribution is 2.21. The zero-order chi connectivity index (χ0) is 23.6. The van der Waals surface area contributed by atoms with Gasteiger partial charge in [-0.05, 0) is 62.2 Å². The van der Waals surface area contributed by atoms with Crippen LogP contribution in [-0.4, -0.2) is 32.7 Å². The predicted octanol–water partition coefficient (Wildman–Crippen LogP) is 4.70. The van der Waals surface area contributed by atoms with Gasteiger partial charge in [-0.1, -0.05) is 30.3 Å². The van der Waals surface area contributed by atoms with Crippen LogP contribution in [0.3, 0.4) is 0 Å². The fraction of sp³-hybridized carbons (Fsp3) is 0.192. The molecule has 0 spiro atoms. The van der Waals surface area contributed by atoms with Gasteiger partial charge in [-0.15, -0.1) is 0 Å². The summed E-state index contributed by atoms with van der Waals surface area (Å²) in [6.45, 7) is 5.30. The number of carbonyl (C=O) groups is 1. The van der Waals surface area contributed by atoms with Gasteiger partial charge in [0.1, 0.15) is 11.6 Å². The zero-order valence-corrected chi connectivity index (χ0v) is 19.0. The monoisotopic (exact) mass is 442 g/mol. The number of nitrogens with one attached hydrogen (secondary N) is 1. The molecule has 2 heterocycles. The number of aromatic nitrogens is 3. The van der Waals surface area contributed by atoms with E-state index in [2.05, 4.69) is 15.4 Å². The minimum Gasteiger partial charge on any atom is -0.497 e. The lowest BCUT2D eigenvalue weighted by Gasteiger charge is -2.17. The molecule has 168 valence electrons. The molecule has 2 aromatic heterocycles.